The van der Waals surface area contributed by atoms with E-state index in [-0.39, 0.29) is 25.1 Å². The Kier molecular flexibility index (Phi) is 7.65. The van der Waals surface area contributed by atoms with Crippen molar-refractivity contribution >= 4 is 29.8 Å². The molecule has 12 heteroatoms. The van der Waals surface area contributed by atoms with Gasteiger partial charge in [-0.1, -0.05) is 6.07 Å². The summed E-state index contributed by atoms with van der Waals surface area (Å²) in [4.78, 5) is 39.4. The molecule has 0 saturated carbocycles. The molecular formula is C21H23N5O7. The number of aliphatic carboxylic acids is 1. The maximum Gasteiger partial charge on any atom is 0.327 e. The number of hydrogen-bond acceptors (Lipinski definition) is 8. The van der Waals surface area contributed by atoms with E-state index in [2.05, 4.69) is 21.1 Å². The van der Waals surface area contributed by atoms with Gasteiger partial charge in [0, 0.05) is 12.0 Å². The van der Waals surface area contributed by atoms with Gasteiger partial charge in [0.2, 0.25) is 11.7 Å². The highest BCUT2D eigenvalue weighted by molar-refractivity contribution is 5.97. The summed E-state index contributed by atoms with van der Waals surface area (Å²) in [6.07, 6.45) is 0.367. The van der Waals surface area contributed by atoms with Crippen LogP contribution in [0.4, 0.5) is 5.69 Å². The summed E-state index contributed by atoms with van der Waals surface area (Å²) >= 11 is 0. The maximum atomic E-state index is 12.3. The van der Waals surface area contributed by atoms with Gasteiger partial charge < -0.3 is 30.1 Å². The smallest absolute Gasteiger partial charge is 0.327 e. The number of fused-ring (bicyclic) bond motifs is 1. The van der Waals surface area contributed by atoms with Gasteiger partial charge >= 0.3 is 12.4 Å². The lowest BCUT2D eigenvalue weighted by Crippen LogP contribution is -2.45. The predicted molar refractivity (Wildman–Crippen MR) is 116 cm³/mol. The minimum absolute atomic E-state index is 0.0537. The number of carbonyl (C=O) groups is 3. The number of benzene rings is 2. The number of nitrogens with zero attached hydrogens (tertiary/aromatic N) is 1. The van der Waals surface area contributed by atoms with E-state index in [1.54, 1.807) is 30.3 Å². The molecule has 0 aliphatic carbocycles. The van der Waals surface area contributed by atoms with E-state index in [1.165, 1.54) is 19.5 Å². The zero-order valence-corrected chi connectivity index (χ0v) is 17.7. The minimum atomic E-state index is -1.13. The van der Waals surface area contributed by atoms with E-state index in [0.29, 0.717) is 28.3 Å². The molecule has 2 aromatic carbocycles. The molecule has 0 aromatic heterocycles. The first-order valence-corrected chi connectivity index (χ1v) is 9.82. The van der Waals surface area contributed by atoms with Crippen LogP contribution in [0.15, 0.2) is 41.4 Å². The minimum Gasteiger partial charge on any atom is -0.493 e. The number of hydrogen-bond donors (Lipinski definition) is 5. The molecule has 0 bridgehead atoms. The van der Waals surface area contributed by atoms with Gasteiger partial charge in [0.25, 0.3) is 5.91 Å². The van der Waals surface area contributed by atoms with Crippen LogP contribution in [-0.2, 0) is 16.0 Å². The van der Waals surface area contributed by atoms with E-state index >= 15 is 0 Å². The van der Waals surface area contributed by atoms with Gasteiger partial charge in [0.15, 0.2) is 11.5 Å². The Labute approximate surface area is 188 Å². The number of methoxy groups -OCH3 is 1. The topological polar surface area (TPSA) is 174 Å². The van der Waals surface area contributed by atoms with Crippen molar-refractivity contribution in [3.63, 3.8) is 0 Å². The normalized spacial score (nSPS) is 14.1. The molecule has 1 unspecified atom stereocenters. The van der Waals surface area contributed by atoms with Gasteiger partial charge in [-0.15, -0.1) is 0 Å². The van der Waals surface area contributed by atoms with Crippen LogP contribution in [-0.4, -0.2) is 49.3 Å². The number of ether oxygens (including phenoxy) is 3. The summed E-state index contributed by atoms with van der Waals surface area (Å²) in [5.41, 5.74) is 3.77. The molecule has 1 atom stereocenters. The zero-order chi connectivity index (χ0) is 23.8. The Hall–Kier alpha value is -4.32. The fourth-order valence-corrected chi connectivity index (χ4v) is 2.97. The standard InChI is InChI=1S/C21H23N5O7/c1-31-15-7-12(5-6-18(28)29)8-16-19(15)33-21(32-16)26-17(27)10-23-20(30)13-3-2-4-14(9-13)24-11-25-22/h2-4,7-9,11,21H,5-6,10,22H2,1H3,(H,23,30)(H,24,25)(H,26,27)(H,28,29). The number of amides is 2. The van der Waals surface area contributed by atoms with Gasteiger partial charge in [-0.05, 0) is 42.3 Å². The number of aryl methyl sites for hydroxylation is 1. The Morgan fingerprint density at radius 1 is 1.24 bits per heavy atom. The summed E-state index contributed by atoms with van der Waals surface area (Å²) < 4.78 is 16.4. The van der Waals surface area contributed by atoms with Gasteiger partial charge in [0.05, 0.1) is 19.3 Å². The van der Waals surface area contributed by atoms with Crippen LogP contribution >= 0.6 is 0 Å². The molecule has 33 heavy (non-hydrogen) atoms. The molecule has 3 rings (SSSR count). The van der Waals surface area contributed by atoms with Crippen molar-refractivity contribution in [3.05, 3.63) is 47.5 Å². The summed E-state index contributed by atoms with van der Waals surface area (Å²) in [6.45, 7) is -0.322. The van der Waals surface area contributed by atoms with Crippen molar-refractivity contribution in [3.8, 4) is 17.2 Å². The number of carboxylic acid groups (broad SMARTS) is 1. The number of aliphatic imine (C=N–C) groups is 1. The predicted octanol–water partition coefficient (Wildman–Crippen LogP) is 0.437. The molecule has 1 aliphatic heterocycles. The Bertz CT molecular complexity index is 1070. The highest BCUT2D eigenvalue weighted by atomic mass is 16.7. The third-order valence-electron chi connectivity index (χ3n) is 4.47. The third kappa shape index (κ3) is 6.33. The van der Waals surface area contributed by atoms with Crippen LogP contribution in [0.1, 0.15) is 22.3 Å². The Balaban J connectivity index is 1.55. The van der Waals surface area contributed by atoms with Crippen molar-refractivity contribution in [2.24, 2.45) is 10.8 Å². The molecule has 1 heterocycles. The molecule has 174 valence electrons. The van der Waals surface area contributed by atoms with E-state index in [0.717, 1.165) is 0 Å². The second-order valence-electron chi connectivity index (χ2n) is 6.81. The van der Waals surface area contributed by atoms with Crippen LogP contribution in [0.5, 0.6) is 17.2 Å². The third-order valence-corrected chi connectivity index (χ3v) is 4.47. The van der Waals surface area contributed by atoms with E-state index in [1.807, 2.05) is 0 Å². The summed E-state index contributed by atoms with van der Waals surface area (Å²) in [5.74, 6) is 4.14. The summed E-state index contributed by atoms with van der Waals surface area (Å²) in [6, 6.07) is 9.73. The Morgan fingerprint density at radius 2 is 2.06 bits per heavy atom. The first kappa shape index (κ1) is 23.3. The number of carbonyl (C=O) groups excluding carboxylic acids is 2. The van der Waals surface area contributed by atoms with Crippen molar-refractivity contribution < 1.29 is 33.7 Å². The Morgan fingerprint density at radius 3 is 2.79 bits per heavy atom. The van der Waals surface area contributed by atoms with Crippen molar-refractivity contribution in [1.29, 1.82) is 0 Å². The number of hydrazine groups is 1. The molecule has 12 nitrogen and oxygen atoms in total. The number of nitrogens with one attached hydrogen (secondary N) is 3. The van der Waals surface area contributed by atoms with Crippen molar-refractivity contribution in [1.82, 2.24) is 16.1 Å². The van der Waals surface area contributed by atoms with Crippen LogP contribution in [0.25, 0.3) is 0 Å². The fraction of sp³-hybridized carbons (Fsp3) is 0.238. The van der Waals surface area contributed by atoms with E-state index in [9.17, 15) is 14.4 Å². The quantitative estimate of drug-likeness (QED) is 0.147. The van der Waals surface area contributed by atoms with Gasteiger partial charge in [-0.2, -0.15) is 0 Å². The van der Waals surface area contributed by atoms with Crippen molar-refractivity contribution in [2.75, 3.05) is 13.7 Å². The lowest BCUT2D eigenvalue weighted by atomic mass is 10.1. The molecule has 2 aromatic rings. The lowest BCUT2D eigenvalue weighted by molar-refractivity contribution is -0.137. The molecule has 0 saturated heterocycles. The monoisotopic (exact) mass is 457 g/mol. The molecular weight excluding hydrogens is 434 g/mol. The van der Waals surface area contributed by atoms with Crippen LogP contribution in [0.2, 0.25) is 0 Å². The maximum absolute atomic E-state index is 12.3. The molecule has 0 radical (unpaired) electrons. The number of nitrogens with two attached hydrogens (primary N) is 1. The first-order valence-electron chi connectivity index (χ1n) is 9.82. The zero-order valence-electron chi connectivity index (χ0n) is 17.7. The average Bonchev–Trinajstić information content (AvgIpc) is 3.21. The van der Waals surface area contributed by atoms with Crippen molar-refractivity contribution in [2.45, 2.75) is 19.3 Å². The van der Waals surface area contributed by atoms with Crippen LogP contribution in [0.3, 0.4) is 0 Å². The number of rotatable bonds is 10. The lowest BCUT2D eigenvalue weighted by Gasteiger charge is -2.12. The average molecular weight is 457 g/mol. The largest absolute Gasteiger partial charge is 0.493 e. The highest BCUT2D eigenvalue weighted by Gasteiger charge is 2.29. The second kappa shape index (κ2) is 10.8. The molecule has 0 fully saturated rings. The highest BCUT2D eigenvalue weighted by Crippen LogP contribution is 2.43. The summed E-state index contributed by atoms with van der Waals surface area (Å²) in [5, 5.41) is 13.9. The molecule has 0 spiro atoms. The second-order valence-corrected chi connectivity index (χ2v) is 6.81. The number of carboxylic acids is 1. The van der Waals surface area contributed by atoms with E-state index in [4.69, 9.17) is 25.2 Å². The SMILES string of the molecule is COc1cc(CCC(=O)O)cc2c1OC(NC(=O)CNC(=O)c1cccc(N=CNN)c1)O2. The fourth-order valence-electron chi connectivity index (χ4n) is 2.97. The van der Waals surface area contributed by atoms with E-state index < -0.39 is 24.2 Å². The molecule has 2 amide bonds. The van der Waals surface area contributed by atoms with Gasteiger partial charge in [-0.3, -0.25) is 19.7 Å². The summed E-state index contributed by atoms with van der Waals surface area (Å²) in [7, 11) is 1.44. The van der Waals surface area contributed by atoms with Crippen LogP contribution in [0, 0.1) is 0 Å². The van der Waals surface area contributed by atoms with Crippen LogP contribution < -0.4 is 36.1 Å². The molecule has 1 aliphatic rings. The first-order chi connectivity index (χ1) is 15.9. The molecule has 6 N–H and O–H groups in total. The van der Waals surface area contributed by atoms with Gasteiger partial charge in [-0.25, -0.2) is 10.8 Å². The van der Waals surface area contributed by atoms with Gasteiger partial charge in [0.1, 0.15) is 6.34 Å².